The number of aromatic carboxylic acids is 1. The average Bonchev–Trinajstić information content (AvgIpc) is 2.72. The van der Waals surface area contributed by atoms with Crippen LogP contribution in [0.25, 0.3) is 0 Å². The third-order valence-electron chi connectivity index (χ3n) is 3.11. The van der Waals surface area contributed by atoms with Gasteiger partial charge in [-0.2, -0.15) is 0 Å². The van der Waals surface area contributed by atoms with Crippen molar-refractivity contribution in [1.82, 2.24) is 4.90 Å². The Hall–Kier alpha value is -2.37. The van der Waals surface area contributed by atoms with Crippen LogP contribution < -0.4 is 10.2 Å². The molecule has 1 aromatic carbocycles. The monoisotopic (exact) mass is 261 g/mol. The molecule has 19 heavy (non-hydrogen) atoms. The predicted molar refractivity (Wildman–Crippen MR) is 59.3 cm³/mol. The van der Waals surface area contributed by atoms with E-state index in [0.29, 0.717) is 0 Å². The van der Waals surface area contributed by atoms with Gasteiger partial charge in [0.15, 0.2) is 0 Å². The minimum Gasteiger partial charge on any atom is -0.550 e. The van der Waals surface area contributed by atoms with Gasteiger partial charge in [-0.15, -0.1) is 0 Å². The minimum absolute atomic E-state index is 0.0422. The van der Waals surface area contributed by atoms with E-state index < -0.39 is 17.9 Å². The van der Waals surface area contributed by atoms with Gasteiger partial charge in [0.1, 0.15) is 0 Å². The number of benzene rings is 1. The van der Waals surface area contributed by atoms with Crippen molar-refractivity contribution in [3.8, 4) is 0 Å². The summed E-state index contributed by atoms with van der Waals surface area (Å²) in [4.78, 5) is 34.3. The maximum absolute atomic E-state index is 11.6. The fourth-order valence-corrected chi connectivity index (χ4v) is 2.05. The summed E-state index contributed by atoms with van der Waals surface area (Å²) in [6.07, 6.45) is -0.0422. The van der Waals surface area contributed by atoms with Crippen LogP contribution in [-0.4, -0.2) is 29.3 Å². The third-order valence-corrected chi connectivity index (χ3v) is 3.11. The van der Waals surface area contributed by atoms with Gasteiger partial charge in [0.2, 0.25) is 5.91 Å². The van der Waals surface area contributed by atoms with Crippen LogP contribution in [0.3, 0.4) is 0 Å². The smallest absolute Gasteiger partial charge is 0.223 e. The van der Waals surface area contributed by atoms with Crippen molar-refractivity contribution in [1.29, 1.82) is 0 Å². The summed E-state index contributed by atoms with van der Waals surface area (Å²) >= 11 is 0. The quantitative estimate of drug-likeness (QED) is 0.633. The highest BCUT2D eigenvalue weighted by molar-refractivity contribution is 5.86. The molecule has 100 valence electrons. The van der Waals surface area contributed by atoms with Gasteiger partial charge in [-0.3, -0.25) is 4.79 Å². The number of hydrogen-bond donors (Lipinski definition) is 0. The number of amides is 1. The van der Waals surface area contributed by atoms with Crippen molar-refractivity contribution in [3.05, 3.63) is 35.4 Å². The molecule has 0 aromatic heterocycles. The predicted octanol–water partition coefficient (Wildman–Crippen LogP) is -1.85. The Morgan fingerprint density at radius 2 is 1.84 bits per heavy atom. The molecule has 0 bridgehead atoms. The zero-order valence-electron chi connectivity index (χ0n) is 10.00. The number of carboxylic acids is 2. The molecule has 0 spiro atoms. The van der Waals surface area contributed by atoms with E-state index in [1.165, 1.54) is 17.0 Å². The highest BCUT2D eigenvalue weighted by atomic mass is 16.4. The van der Waals surface area contributed by atoms with E-state index in [0.717, 1.165) is 5.56 Å². The number of likely N-dealkylation sites (tertiary alicyclic amines) is 1. The Morgan fingerprint density at radius 1 is 1.21 bits per heavy atom. The van der Waals surface area contributed by atoms with Crippen LogP contribution in [0, 0.1) is 5.92 Å². The SMILES string of the molecule is O=C([O-])c1ccc(CN2CC(C(=O)[O-])CC2=O)cc1. The van der Waals surface area contributed by atoms with E-state index in [1.54, 1.807) is 12.1 Å². The summed E-state index contributed by atoms with van der Waals surface area (Å²) in [5.41, 5.74) is 0.793. The van der Waals surface area contributed by atoms with Gasteiger partial charge in [0, 0.05) is 31.4 Å². The summed E-state index contributed by atoms with van der Waals surface area (Å²) in [5, 5.41) is 21.3. The molecule has 1 aliphatic rings. The van der Waals surface area contributed by atoms with Crippen LogP contribution in [-0.2, 0) is 16.1 Å². The lowest BCUT2D eigenvalue weighted by Crippen LogP contribution is -2.33. The molecule has 0 N–H and O–H groups in total. The Kier molecular flexibility index (Phi) is 3.50. The normalized spacial score (nSPS) is 18.6. The van der Waals surface area contributed by atoms with Gasteiger partial charge < -0.3 is 24.7 Å². The standard InChI is InChI=1S/C13H13NO5/c15-11-5-10(13(18)19)7-14(11)6-8-1-3-9(4-2-8)12(16)17/h1-4,10H,5-7H2,(H,16,17)(H,18,19)/p-2. The van der Waals surface area contributed by atoms with Crippen molar-refractivity contribution in [2.24, 2.45) is 5.92 Å². The summed E-state index contributed by atoms with van der Waals surface area (Å²) < 4.78 is 0. The van der Waals surface area contributed by atoms with E-state index in [1.807, 2.05) is 0 Å². The molecular weight excluding hydrogens is 250 g/mol. The molecule has 0 saturated carbocycles. The Labute approximate surface area is 109 Å². The molecule has 0 aliphatic carbocycles. The number of carbonyl (C=O) groups is 3. The summed E-state index contributed by atoms with van der Waals surface area (Å²) in [6, 6.07) is 5.93. The van der Waals surface area contributed by atoms with Crippen LogP contribution in [0.15, 0.2) is 24.3 Å². The Morgan fingerprint density at radius 3 is 2.32 bits per heavy atom. The number of carbonyl (C=O) groups excluding carboxylic acids is 3. The first-order valence-electron chi connectivity index (χ1n) is 5.76. The highest BCUT2D eigenvalue weighted by Gasteiger charge is 2.30. The second-order valence-electron chi connectivity index (χ2n) is 4.48. The van der Waals surface area contributed by atoms with E-state index >= 15 is 0 Å². The zero-order chi connectivity index (χ0) is 14.0. The van der Waals surface area contributed by atoms with Gasteiger partial charge in [-0.25, -0.2) is 0 Å². The number of aliphatic carboxylic acids is 1. The second-order valence-corrected chi connectivity index (χ2v) is 4.48. The molecule has 1 amide bonds. The van der Waals surface area contributed by atoms with E-state index in [9.17, 15) is 24.6 Å². The molecule has 1 aliphatic heterocycles. The van der Waals surface area contributed by atoms with Crippen molar-refractivity contribution >= 4 is 17.8 Å². The zero-order valence-corrected chi connectivity index (χ0v) is 10.00. The van der Waals surface area contributed by atoms with Crippen molar-refractivity contribution in [2.45, 2.75) is 13.0 Å². The second kappa shape index (κ2) is 5.09. The van der Waals surface area contributed by atoms with Crippen LogP contribution in [0.4, 0.5) is 0 Å². The van der Waals surface area contributed by atoms with Crippen molar-refractivity contribution < 1.29 is 24.6 Å². The first kappa shape index (κ1) is 13.1. The average molecular weight is 261 g/mol. The molecule has 1 aromatic rings. The molecule has 6 nitrogen and oxygen atoms in total. The topological polar surface area (TPSA) is 101 Å². The van der Waals surface area contributed by atoms with Crippen LogP contribution >= 0.6 is 0 Å². The lowest BCUT2D eigenvalue weighted by molar-refractivity contribution is -0.311. The first-order chi connectivity index (χ1) is 8.97. The highest BCUT2D eigenvalue weighted by Crippen LogP contribution is 2.19. The Balaban J connectivity index is 2.03. The van der Waals surface area contributed by atoms with E-state index in [4.69, 9.17) is 0 Å². The Bertz CT molecular complexity index is 522. The van der Waals surface area contributed by atoms with Crippen LogP contribution in [0.1, 0.15) is 22.3 Å². The largest absolute Gasteiger partial charge is 0.550 e. The molecule has 1 saturated heterocycles. The van der Waals surface area contributed by atoms with E-state index in [2.05, 4.69) is 0 Å². The fraction of sp³-hybridized carbons (Fsp3) is 0.308. The third kappa shape index (κ3) is 2.90. The van der Waals surface area contributed by atoms with Crippen LogP contribution in [0.2, 0.25) is 0 Å². The summed E-state index contributed by atoms with van der Waals surface area (Å²) in [7, 11) is 0. The van der Waals surface area contributed by atoms with Gasteiger partial charge in [0.25, 0.3) is 0 Å². The molecule has 0 radical (unpaired) electrons. The minimum atomic E-state index is -1.26. The lowest BCUT2D eigenvalue weighted by atomic mass is 10.1. The summed E-state index contributed by atoms with van der Waals surface area (Å²) in [6.45, 7) is 0.388. The van der Waals surface area contributed by atoms with Gasteiger partial charge in [-0.1, -0.05) is 24.3 Å². The number of carboxylic acid groups (broad SMARTS) is 2. The molecular formula is C13H11NO5-2. The first-order valence-corrected chi connectivity index (χ1v) is 5.76. The number of nitrogens with zero attached hydrogens (tertiary/aromatic N) is 1. The molecule has 1 atom stereocenters. The van der Waals surface area contributed by atoms with E-state index in [-0.39, 0.29) is 31.0 Å². The summed E-state index contributed by atoms with van der Waals surface area (Å²) in [5.74, 6) is -3.49. The number of rotatable bonds is 4. The number of hydrogen-bond acceptors (Lipinski definition) is 5. The molecule has 1 unspecified atom stereocenters. The maximum Gasteiger partial charge on any atom is 0.223 e. The van der Waals surface area contributed by atoms with Gasteiger partial charge in [-0.05, 0) is 11.1 Å². The lowest BCUT2D eigenvalue weighted by Gasteiger charge is -2.17. The van der Waals surface area contributed by atoms with Crippen molar-refractivity contribution in [3.63, 3.8) is 0 Å². The van der Waals surface area contributed by atoms with Crippen LogP contribution in [0.5, 0.6) is 0 Å². The van der Waals surface area contributed by atoms with Gasteiger partial charge >= 0.3 is 0 Å². The molecule has 1 heterocycles. The molecule has 1 fully saturated rings. The molecule has 2 rings (SSSR count). The fourth-order valence-electron chi connectivity index (χ4n) is 2.05. The maximum atomic E-state index is 11.6. The van der Waals surface area contributed by atoms with Crippen molar-refractivity contribution in [2.75, 3.05) is 6.54 Å². The molecule has 6 heteroatoms. The van der Waals surface area contributed by atoms with Gasteiger partial charge in [0.05, 0.1) is 5.97 Å².